The number of fused-ring (bicyclic) bond motifs is 1. The van der Waals surface area contributed by atoms with Crippen LogP contribution < -0.4 is 0 Å². The molecule has 0 aliphatic rings. The van der Waals surface area contributed by atoms with Gasteiger partial charge >= 0.3 is 0 Å². The van der Waals surface area contributed by atoms with Crippen molar-refractivity contribution in [2.75, 3.05) is 0 Å². The third-order valence-electron chi connectivity index (χ3n) is 3.72. The summed E-state index contributed by atoms with van der Waals surface area (Å²) in [5, 5.41) is 0. The van der Waals surface area contributed by atoms with Gasteiger partial charge < -0.3 is 0 Å². The Morgan fingerprint density at radius 1 is 0.565 bits per heavy atom. The second-order valence-electron chi connectivity index (χ2n) is 5.29. The lowest BCUT2D eigenvalue weighted by atomic mass is 10.0. The first-order valence-electron chi connectivity index (χ1n) is 7.39. The summed E-state index contributed by atoms with van der Waals surface area (Å²) in [6.07, 6.45) is 0. The van der Waals surface area contributed by atoms with Gasteiger partial charge in [-0.1, -0.05) is 70.5 Å². The quantitative estimate of drug-likeness (QED) is 0.456. The van der Waals surface area contributed by atoms with Gasteiger partial charge in [-0.05, 0) is 24.3 Å². The fourth-order valence-corrected chi connectivity index (χ4v) is 3.03. The number of hydrogen-bond donors (Lipinski definition) is 0. The van der Waals surface area contributed by atoms with Gasteiger partial charge in [0, 0.05) is 15.6 Å². The molecule has 0 fully saturated rings. The summed E-state index contributed by atoms with van der Waals surface area (Å²) in [5.41, 5.74) is 5.74. The highest BCUT2D eigenvalue weighted by Gasteiger charge is 2.13. The molecule has 0 unspecified atom stereocenters. The highest BCUT2D eigenvalue weighted by molar-refractivity contribution is 9.10. The Hall–Kier alpha value is -2.52. The molecule has 4 aromatic rings. The molecule has 0 amide bonds. The predicted molar refractivity (Wildman–Crippen MR) is 98.1 cm³/mol. The SMILES string of the molecule is Brc1cccc(-c2nc3ccccc3nc2-c2ccccc2)c1. The van der Waals surface area contributed by atoms with Crippen LogP contribution in [-0.4, -0.2) is 9.97 Å². The van der Waals surface area contributed by atoms with Crippen LogP contribution in [0.2, 0.25) is 0 Å². The summed E-state index contributed by atoms with van der Waals surface area (Å²) in [5.74, 6) is 0. The molecule has 0 N–H and O–H groups in total. The molecule has 3 heteroatoms. The van der Waals surface area contributed by atoms with E-state index in [-0.39, 0.29) is 0 Å². The normalized spacial score (nSPS) is 10.8. The van der Waals surface area contributed by atoms with E-state index in [0.29, 0.717) is 0 Å². The van der Waals surface area contributed by atoms with E-state index < -0.39 is 0 Å². The Morgan fingerprint density at radius 3 is 1.78 bits per heavy atom. The van der Waals surface area contributed by atoms with Crippen LogP contribution in [0.5, 0.6) is 0 Å². The fourth-order valence-electron chi connectivity index (χ4n) is 2.63. The number of benzene rings is 3. The van der Waals surface area contributed by atoms with Crippen molar-refractivity contribution in [2.24, 2.45) is 0 Å². The van der Waals surface area contributed by atoms with Crippen molar-refractivity contribution < 1.29 is 0 Å². The van der Waals surface area contributed by atoms with Gasteiger partial charge in [0.25, 0.3) is 0 Å². The van der Waals surface area contributed by atoms with Crippen molar-refractivity contribution in [3.05, 3.63) is 83.3 Å². The summed E-state index contributed by atoms with van der Waals surface area (Å²) in [4.78, 5) is 9.75. The molecule has 1 heterocycles. The average Bonchev–Trinajstić information content (AvgIpc) is 2.61. The molecule has 2 nitrogen and oxygen atoms in total. The smallest absolute Gasteiger partial charge is 0.0973 e. The first kappa shape index (κ1) is 14.1. The molecule has 3 aromatic carbocycles. The van der Waals surface area contributed by atoms with Crippen LogP contribution in [0.3, 0.4) is 0 Å². The summed E-state index contributed by atoms with van der Waals surface area (Å²) < 4.78 is 1.03. The van der Waals surface area contributed by atoms with Gasteiger partial charge in [0.2, 0.25) is 0 Å². The third kappa shape index (κ3) is 2.76. The molecule has 0 bridgehead atoms. The van der Waals surface area contributed by atoms with Crippen LogP contribution in [0.25, 0.3) is 33.5 Å². The summed E-state index contributed by atoms with van der Waals surface area (Å²) in [7, 11) is 0. The largest absolute Gasteiger partial charge is 0.244 e. The first-order valence-corrected chi connectivity index (χ1v) is 8.19. The maximum absolute atomic E-state index is 4.88. The molecule has 4 rings (SSSR count). The Kier molecular flexibility index (Phi) is 3.64. The van der Waals surface area contributed by atoms with Crippen LogP contribution in [-0.2, 0) is 0 Å². The van der Waals surface area contributed by atoms with E-state index in [1.807, 2.05) is 54.6 Å². The Bertz CT molecular complexity index is 981. The number of rotatable bonds is 2. The number of halogens is 1. The minimum absolute atomic E-state index is 0.899. The highest BCUT2D eigenvalue weighted by Crippen LogP contribution is 2.31. The molecule has 23 heavy (non-hydrogen) atoms. The molecule has 0 saturated carbocycles. The topological polar surface area (TPSA) is 25.8 Å². The Balaban J connectivity index is 2.04. The molecular formula is C20H13BrN2. The molecule has 0 aliphatic heterocycles. The molecule has 0 atom stereocenters. The van der Waals surface area contributed by atoms with Crippen molar-refractivity contribution in [3.63, 3.8) is 0 Å². The van der Waals surface area contributed by atoms with E-state index in [2.05, 4.69) is 40.2 Å². The summed E-state index contributed by atoms with van der Waals surface area (Å²) in [6, 6.07) is 26.4. The lowest BCUT2D eigenvalue weighted by Crippen LogP contribution is -1.95. The van der Waals surface area contributed by atoms with Gasteiger partial charge in [0.05, 0.1) is 22.4 Å². The van der Waals surface area contributed by atoms with Gasteiger partial charge in [0.15, 0.2) is 0 Å². The third-order valence-corrected chi connectivity index (χ3v) is 4.21. The number of nitrogens with zero attached hydrogens (tertiary/aromatic N) is 2. The zero-order valence-corrected chi connectivity index (χ0v) is 13.9. The fraction of sp³-hybridized carbons (Fsp3) is 0. The highest BCUT2D eigenvalue weighted by atomic mass is 79.9. The molecule has 1 aromatic heterocycles. The first-order chi connectivity index (χ1) is 11.3. The standard InChI is InChI=1S/C20H13BrN2/c21-16-10-6-9-15(13-16)20-19(14-7-2-1-3-8-14)22-17-11-4-5-12-18(17)23-20/h1-13H. The van der Waals surface area contributed by atoms with Gasteiger partial charge in [-0.15, -0.1) is 0 Å². The van der Waals surface area contributed by atoms with E-state index in [1.54, 1.807) is 0 Å². The minimum Gasteiger partial charge on any atom is -0.244 e. The second kappa shape index (κ2) is 5.94. The minimum atomic E-state index is 0.899. The zero-order chi connectivity index (χ0) is 15.6. The van der Waals surface area contributed by atoms with Gasteiger partial charge in [-0.2, -0.15) is 0 Å². The van der Waals surface area contributed by atoms with Crippen molar-refractivity contribution in [2.45, 2.75) is 0 Å². The molecule has 0 spiro atoms. The molecule has 110 valence electrons. The zero-order valence-electron chi connectivity index (χ0n) is 12.3. The van der Waals surface area contributed by atoms with E-state index in [1.165, 1.54) is 0 Å². The second-order valence-corrected chi connectivity index (χ2v) is 6.20. The van der Waals surface area contributed by atoms with Crippen molar-refractivity contribution in [1.29, 1.82) is 0 Å². The monoisotopic (exact) mass is 360 g/mol. The lowest BCUT2D eigenvalue weighted by molar-refractivity contribution is 1.29. The van der Waals surface area contributed by atoms with Gasteiger partial charge in [-0.25, -0.2) is 9.97 Å². The molecular weight excluding hydrogens is 348 g/mol. The van der Waals surface area contributed by atoms with Gasteiger partial charge in [-0.3, -0.25) is 0 Å². The molecule has 0 saturated heterocycles. The van der Waals surface area contributed by atoms with E-state index in [9.17, 15) is 0 Å². The molecule has 0 radical (unpaired) electrons. The average molecular weight is 361 g/mol. The van der Waals surface area contributed by atoms with Crippen LogP contribution in [0.4, 0.5) is 0 Å². The maximum Gasteiger partial charge on any atom is 0.0973 e. The van der Waals surface area contributed by atoms with Crippen LogP contribution in [0, 0.1) is 0 Å². The lowest BCUT2D eigenvalue weighted by Gasteiger charge is -2.10. The van der Waals surface area contributed by atoms with Crippen molar-refractivity contribution in [1.82, 2.24) is 9.97 Å². The number of para-hydroxylation sites is 2. The molecule has 0 aliphatic carbocycles. The summed E-state index contributed by atoms with van der Waals surface area (Å²) in [6.45, 7) is 0. The summed E-state index contributed by atoms with van der Waals surface area (Å²) >= 11 is 3.54. The van der Waals surface area contributed by atoms with Crippen molar-refractivity contribution in [3.8, 4) is 22.5 Å². The Labute approximate surface area is 143 Å². The van der Waals surface area contributed by atoms with E-state index in [0.717, 1.165) is 38.0 Å². The predicted octanol–water partition coefficient (Wildman–Crippen LogP) is 5.73. The number of aromatic nitrogens is 2. The number of hydrogen-bond acceptors (Lipinski definition) is 2. The van der Waals surface area contributed by atoms with E-state index >= 15 is 0 Å². The Morgan fingerprint density at radius 2 is 1.13 bits per heavy atom. The van der Waals surface area contributed by atoms with Crippen molar-refractivity contribution >= 4 is 27.0 Å². The van der Waals surface area contributed by atoms with Gasteiger partial charge in [0.1, 0.15) is 0 Å². The van der Waals surface area contributed by atoms with Crippen LogP contribution in [0.15, 0.2) is 83.3 Å². The van der Waals surface area contributed by atoms with E-state index in [4.69, 9.17) is 9.97 Å². The van der Waals surface area contributed by atoms with Crippen LogP contribution >= 0.6 is 15.9 Å². The maximum atomic E-state index is 4.88. The van der Waals surface area contributed by atoms with Crippen LogP contribution in [0.1, 0.15) is 0 Å².